The number of fused-ring (bicyclic) bond motifs is 1. The van der Waals surface area contributed by atoms with Crippen LogP contribution in [0, 0.1) is 13.8 Å². The van der Waals surface area contributed by atoms with Crippen molar-refractivity contribution in [3.8, 4) is 11.3 Å². The van der Waals surface area contributed by atoms with Crippen LogP contribution in [0.2, 0.25) is 0 Å². The van der Waals surface area contributed by atoms with E-state index in [0.717, 1.165) is 11.3 Å². The molecular formula is C14H12N4O2. The fraction of sp³-hybridized carbons (Fsp3) is 0.143. The van der Waals surface area contributed by atoms with Crippen LogP contribution in [0.25, 0.3) is 16.9 Å². The Kier molecular flexibility index (Phi) is 2.71. The minimum absolute atomic E-state index is 0.0870. The van der Waals surface area contributed by atoms with Gasteiger partial charge in [0.05, 0.1) is 11.4 Å². The first-order valence-electron chi connectivity index (χ1n) is 6.09. The van der Waals surface area contributed by atoms with Gasteiger partial charge in [-0.1, -0.05) is 29.8 Å². The SMILES string of the molecule is Cc1ccc(-c2cc3nnc(C(=O)O)c(C)n3n2)cc1. The summed E-state index contributed by atoms with van der Waals surface area (Å²) in [6, 6.07) is 9.73. The summed E-state index contributed by atoms with van der Waals surface area (Å²) in [7, 11) is 0. The molecule has 0 aliphatic carbocycles. The van der Waals surface area contributed by atoms with E-state index >= 15 is 0 Å². The van der Waals surface area contributed by atoms with Crippen molar-refractivity contribution in [1.82, 2.24) is 19.8 Å². The third-order valence-corrected chi connectivity index (χ3v) is 3.15. The molecule has 100 valence electrons. The highest BCUT2D eigenvalue weighted by Gasteiger charge is 2.15. The summed E-state index contributed by atoms with van der Waals surface area (Å²) >= 11 is 0. The van der Waals surface area contributed by atoms with Gasteiger partial charge in [-0.15, -0.1) is 10.2 Å². The number of carboxylic acid groups (broad SMARTS) is 1. The molecule has 1 aromatic carbocycles. The number of hydrogen-bond acceptors (Lipinski definition) is 4. The summed E-state index contributed by atoms with van der Waals surface area (Å²) in [5.41, 5.74) is 3.77. The maximum Gasteiger partial charge on any atom is 0.358 e. The number of aryl methyl sites for hydroxylation is 2. The van der Waals surface area contributed by atoms with Gasteiger partial charge >= 0.3 is 5.97 Å². The Morgan fingerprint density at radius 3 is 2.50 bits per heavy atom. The van der Waals surface area contributed by atoms with Crippen LogP contribution < -0.4 is 0 Å². The third-order valence-electron chi connectivity index (χ3n) is 3.15. The molecule has 0 saturated carbocycles. The molecule has 0 fully saturated rings. The molecule has 0 aliphatic rings. The van der Waals surface area contributed by atoms with E-state index in [4.69, 9.17) is 5.11 Å². The number of nitrogens with zero attached hydrogens (tertiary/aromatic N) is 4. The van der Waals surface area contributed by atoms with Crippen molar-refractivity contribution in [2.75, 3.05) is 0 Å². The molecule has 0 radical (unpaired) electrons. The first-order chi connectivity index (χ1) is 9.56. The van der Waals surface area contributed by atoms with Gasteiger partial charge in [0.1, 0.15) is 0 Å². The molecule has 0 bridgehead atoms. The van der Waals surface area contributed by atoms with Crippen molar-refractivity contribution < 1.29 is 9.90 Å². The van der Waals surface area contributed by atoms with Crippen molar-refractivity contribution >= 4 is 11.6 Å². The highest BCUT2D eigenvalue weighted by molar-refractivity contribution is 5.86. The van der Waals surface area contributed by atoms with Gasteiger partial charge in [0, 0.05) is 11.6 Å². The summed E-state index contributed by atoms with van der Waals surface area (Å²) in [6.45, 7) is 3.68. The van der Waals surface area contributed by atoms with Crippen LogP contribution in [0.1, 0.15) is 21.7 Å². The molecule has 0 aliphatic heterocycles. The molecule has 20 heavy (non-hydrogen) atoms. The van der Waals surface area contributed by atoms with E-state index in [1.165, 1.54) is 10.1 Å². The van der Waals surface area contributed by atoms with Crippen LogP contribution in [0.3, 0.4) is 0 Å². The third kappa shape index (κ3) is 1.91. The van der Waals surface area contributed by atoms with Crippen LogP contribution in [0.4, 0.5) is 0 Å². The average Bonchev–Trinajstić information content (AvgIpc) is 2.84. The summed E-state index contributed by atoms with van der Waals surface area (Å²) in [5.74, 6) is -1.11. The standard InChI is InChI=1S/C14H12N4O2/c1-8-3-5-10(6-4-8)11-7-12-15-16-13(14(19)20)9(2)18(12)17-11/h3-7H,1-2H3,(H,19,20). The van der Waals surface area contributed by atoms with E-state index in [1.807, 2.05) is 31.2 Å². The highest BCUT2D eigenvalue weighted by Crippen LogP contribution is 2.20. The maximum absolute atomic E-state index is 11.0. The fourth-order valence-electron chi connectivity index (χ4n) is 2.03. The molecule has 0 atom stereocenters. The molecule has 1 N–H and O–H groups in total. The summed E-state index contributed by atoms with van der Waals surface area (Å²) < 4.78 is 1.51. The average molecular weight is 268 g/mol. The van der Waals surface area contributed by atoms with E-state index in [9.17, 15) is 4.79 Å². The largest absolute Gasteiger partial charge is 0.476 e. The van der Waals surface area contributed by atoms with E-state index in [0.29, 0.717) is 11.3 Å². The van der Waals surface area contributed by atoms with Crippen LogP contribution in [0.5, 0.6) is 0 Å². The number of carbonyl (C=O) groups is 1. The first kappa shape index (κ1) is 12.3. The quantitative estimate of drug-likeness (QED) is 0.769. The predicted molar refractivity (Wildman–Crippen MR) is 72.7 cm³/mol. The Labute approximate surface area is 114 Å². The minimum Gasteiger partial charge on any atom is -0.476 e. The van der Waals surface area contributed by atoms with Crippen LogP contribution >= 0.6 is 0 Å². The second-order valence-corrected chi connectivity index (χ2v) is 4.60. The van der Waals surface area contributed by atoms with E-state index < -0.39 is 5.97 Å². The van der Waals surface area contributed by atoms with E-state index in [1.54, 1.807) is 13.0 Å². The van der Waals surface area contributed by atoms with Crippen LogP contribution in [-0.2, 0) is 0 Å². The van der Waals surface area contributed by atoms with Gasteiger partial charge in [-0.25, -0.2) is 9.31 Å². The van der Waals surface area contributed by atoms with Crippen molar-refractivity contribution in [2.45, 2.75) is 13.8 Å². The molecule has 0 spiro atoms. The number of aromatic nitrogens is 4. The highest BCUT2D eigenvalue weighted by atomic mass is 16.4. The lowest BCUT2D eigenvalue weighted by atomic mass is 10.1. The van der Waals surface area contributed by atoms with Crippen molar-refractivity contribution in [3.05, 3.63) is 47.3 Å². The summed E-state index contributed by atoms with van der Waals surface area (Å²) in [6.07, 6.45) is 0. The number of hydrogen-bond donors (Lipinski definition) is 1. The number of carboxylic acids is 1. The Hall–Kier alpha value is -2.76. The second kappa shape index (κ2) is 4.41. The number of rotatable bonds is 2. The van der Waals surface area contributed by atoms with Gasteiger partial charge in [0.15, 0.2) is 11.3 Å². The first-order valence-corrected chi connectivity index (χ1v) is 6.09. The Balaban J connectivity index is 2.18. The van der Waals surface area contributed by atoms with Gasteiger partial charge < -0.3 is 5.11 Å². The van der Waals surface area contributed by atoms with Crippen molar-refractivity contribution in [2.24, 2.45) is 0 Å². The lowest BCUT2D eigenvalue weighted by molar-refractivity contribution is 0.0687. The lowest BCUT2D eigenvalue weighted by Crippen LogP contribution is -2.10. The Morgan fingerprint density at radius 2 is 1.85 bits per heavy atom. The molecule has 0 unspecified atom stereocenters. The zero-order valence-corrected chi connectivity index (χ0v) is 11.0. The molecule has 3 rings (SSSR count). The van der Waals surface area contributed by atoms with Crippen molar-refractivity contribution in [3.63, 3.8) is 0 Å². The van der Waals surface area contributed by atoms with Gasteiger partial charge in [-0.2, -0.15) is 5.10 Å². The molecule has 6 nitrogen and oxygen atoms in total. The van der Waals surface area contributed by atoms with Gasteiger partial charge in [0.25, 0.3) is 0 Å². The van der Waals surface area contributed by atoms with Gasteiger partial charge in [-0.05, 0) is 13.8 Å². The Bertz CT molecular complexity index is 806. The van der Waals surface area contributed by atoms with E-state index in [2.05, 4.69) is 15.3 Å². The topological polar surface area (TPSA) is 80.4 Å². The zero-order chi connectivity index (χ0) is 14.3. The Morgan fingerprint density at radius 1 is 1.15 bits per heavy atom. The monoisotopic (exact) mass is 268 g/mol. The summed E-state index contributed by atoms with van der Waals surface area (Å²) in [5, 5.41) is 21.1. The second-order valence-electron chi connectivity index (χ2n) is 4.60. The normalized spacial score (nSPS) is 10.9. The number of benzene rings is 1. The molecule has 6 heteroatoms. The summed E-state index contributed by atoms with van der Waals surface area (Å²) in [4.78, 5) is 11.0. The number of aromatic carboxylic acids is 1. The molecule has 2 aromatic heterocycles. The molecule has 0 saturated heterocycles. The van der Waals surface area contributed by atoms with Crippen molar-refractivity contribution in [1.29, 1.82) is 0 Å². The minimum atomic E-state index is -1.11. The zero-order valence-electron chi connectivity index (χ0n) is 11.0. The van der Waals surface area contributed by atoms with E-state index in [-0.39, 0.29) is 5.69 Å². The predicted octanol–water partition coefficient (Wildman–Crippen LogP) is 2.11. The fourth-order valence-corrected chi connectivity index (χ4v) is 2.03. The molecule has 2 heterocycles. The van der Waals surface area contributed by atoms with Gasteiger partial charge in [-0.3, -0.25) is 0 Å². The maximum atomic E-state index is 11.0. The molecule has 3 aromatic rings. The van der Waals surface area contributed by atoms with Crippen LogP contribution in [0.15, 0.2) is 30.3 Å². The molecule has 0 amide bonds. The van der Waals surface area contributed by atoms with Gasteiger partial charge in [0.2, 0.25) is 0 Å². The van der Waals surface area contributed by atoms with Crippen LogP contribution in [-0.4, -0.2) is 30.9 Å². The lowest BCUT2D eigenvalue weighted by Gasteiger charge is -2.00. The smallest absolute Gasteiger partial charge is 0.358 e. The molecular weight excluding hydrogens is 256 g/mol.